The van der Waals surface area contributed by atoms with Gasteiger partial charge in [0.25, 0.3) is 0 Å². The van der Waals surface area contributed by atoms with Crippen molar-refractivity contribution < 1.29 is 9.50 Å². The van der Waals surface area contributed by atoms with Crippen molar-refractivity contribution in [2.75, 3.05) is 5.73 Å². The van der Waals surface area contributed by atoms with Crippen LogP contribution in [0.15, 0.2) is 40.9 Å². The molecule has 0 aliphatic carbocycles. The van der Waals surface area contributed by atoms with Crippen LogP contribution in [-0.2, 0) is 0 Å². The molecule has 2 aromatic carbocycles. The standard InChI is InChI=1S/C15H13BrFN3O/c1-8(21)15-19-12-7-9(18)5-6-13(12)20(15)14-10(16)3-2-4-11(14)17/h2-8,21H,18H2,1H3. The van der Waals surface area contributed by atoms with Crippen molar-refractivity contribution in [1.82, 2.24) is 9.55 Å². The van der Waals surface area contributed by atoms with Crippen LogP contribution in [0.3, 0.4) is 0 Å². The molecule has 0 radical (unpaired) electrons. The molecular weight excluding hydrogens is 337 g/mol. The number of nitrogen functional groups attached to an aromatic ring is 1. The van der Waals surface area contributed by atoms with Gasteiger partial charge < -0.3 is 10.8 Å². The first-order chi connectivity index (χ1) is 9.99. The number of aromatic nitrogens is 2. The van der Waals surface area contributed by atoms with Gasteiger partial charge >= 0.3 is 0 Å². The Morgan fingerprint density at radius 1 is 1.33 bits per heavy atom. The van der Waals surface area contributed by atoms with Crippen molar-refractivity contribution in [3.05, 3.63) is 52.5 Å². The van der Waals surface area contributed by atoms with Gasteiger partial charge in [-0.2, -0.15) is 0 Å². The molecule has 4 nitrogen and oxygen atoms in total. The Labute approximate surface area is 129 Å². The smallest absolute Gasteiger partial charge is 0.148 e. The van der Waals surface area contributed by atoms with Crippen LogP contribution in [0.4, 0.5) is 10.1 Å². The summed E-state index contributed by atoms with van der Waals surface area (Å²) in [7, 11) is 0. The molecule has 0 saturated heterocycles. The summed E-state index contributed by atoms with van der Waals surface area (Å²) >= 11 is 3.36. The third-order valence-electron chi connectivity index (χ3n) is 3.24. The molecule has 0 aliphatic rings. The molecule has 1 aromatic heterocycles. The summed E-state index contributed by atoms with van der Waals surface area (Å²) in [6.45, 7) is 1.59. The fourth-order valence-corrected chi connectivity index (χ4v) is 2.85. The lowest BCUT2D eigenvalue weighted by Gasteiger charge is -2.13. The van der Waals surface area contributed by atoms with Gasteiger partial charge in [0.2, 0.25) is 0 Å². The predicted molar refractivity (Wildman–Crippen MR) is 83.8 cm³/mol. The van der Waals surface area contributed by atoms with Crippen molar-refractivity contribution in [2.45, 2.75) is 13.0 Å². The quantitative estimate of drug-likeness (QED) is 0.695. The number of para-hydroxylation sites is 1. The Morgan fingerprint density at radius 2 is 2.10 bits per heavy atom. The van der Waals surface area contributed by atoms with Crippen molar-refractivity contribution in [2.24, 2.45) is 0 Å². The van der Waals surface area contributed by atoms with Crippen molar-refractivity contribution in [1.29, 1.82) is 0 Å². The molecule has 21 heavy (non-hydrogen) atoms. The highest BCUT2D eigenvalue weighted by Gasteiger charge is 2.20. The lowest BCUT2D eigenvalue weighted by atomic mass is 10.2. The zero-order valence-corrected chi connectivity index (χ0v) is 12.8. The molecule has 0 saturated carbocycles. The lowest BCUT2D eigenvalue weighted by molar-refractivity contribution is 0.187. The summed E-state index contributed by atoms with van der Waals surface area (Å²) < 4.78 is 16.5. The number of nitrogens with two attached hydrogens (primary N) is 1. The molecule has 0 aliphatic heterocycles. The molecule has 0 spiro atoms. The van der Waals surface area contributed by atoms with Gasteiger partial charge in [0.15, 0.2) is 0 Å². The average molecular weight is 350 g/mol. The van der Waals surface area contributed by atoms with Crippen LogP contribution in [0.5, 0.6) is 0 Å². The summed E-state index contributed by atoms with van der Waals surface area (Å²) in [5.74, 6) is -0.0381. The first-order valence-electron chi connectivity index (χ1n) is 6.39. The van der Waals surface area contributed by atoms with Gasteiger partial charge in [-0.3, -0.25) is 4.57 Å². The normalized spacial score (nSPS) is 12.8. The summed E-state index contributed by atoms with van der Waals surface area (Å²) in [4.78, 5) is 4.38. The summed E-state index contributed by atoms with van der Waals surface area (Å²) in [6.07, 6.45) is -0.842. The van der Waals surface area contributed by atoms with Crippen LogP contribution >= 0.6 is 15.9 Å². The van der Waals surface area contributed by atoms with Gasteiger partial charge in [0.1, 0.15) is 17.7 Å². The molecule has 1 heterocycles. The van der Waals surface area contributed by atoms with E-state index in [0.717, 1.165) is 0 Å². The molecule has 0 bridgehead atoms. The molecule has 108 valence electrons. The average Bonchev–Trinajstić information content (AvgIpc) is 2.77. The van der Waals surface area contributed by atoms with E-state index in [4.69, 9.17) is 5.73 Å². The number of imidazole rings is 1. The van der Waals surface area contributed by atoms with E-state index in [2.05, 4.69) is 20.9 Å². The minimum Gasteiger partial charge on any atom is -0.399 e. The third-order valence-corrected chi connectivity index (χ3v) is 3.88. The van der Waals surface area contributed by atoms with Crippen LogP contribution in [0.1, 0.15) is 18.9 Å². The van der Waals surface area contributed by atoms with Crippen molar-refractivity contribution in [3.8, 4) is 5.69 Å². The molecule has 6 heteroatoms. The van der Waals surface area contributed by atoms with Gasteiger partial charge in [-0.15, -0.1) is 0 Å². The number of halogens is 2. The van der Waals surface area contributed by atoms with Crippen LogP contribution < -0.4 is 5.73 Å². The highest BCUT2D eigenvalue weighted by molar-refractivity contribution is 9.10. The molecule has 1 unspecified atom stereocenters. The first-order valence-corrected chi connectivity index (χ1v) is 7.18. The third kappa shape index (κ3) is 2.30. The number of hydrogen-bond donors (Lipinski definition) is 2. The number of fused-ring (bicyclic) bond motifs is 1. The topological polar surface area (TPSA) is 64.1 Å². The molecule has 1 atom stereocenters. The second-order valence-electron chi connectivity index (χ2n) is 4.80. The van der Waals surface area contributed by atoms with E-state index in [-0.39, 0.29) is 0 Å². The van der Waals surface area contributed by atoms with E-state index in [9.17, 15) is 9.50 Å². The van der Waals surface area contributed by atoms with Gasteiger partial charge in [-0.25, -0.2) is 9.37 Å². The Hall–Kier alpha value is -1.92. The van der Waals surface area contributed by atoms with Crippen molar-refractivity contribution in [3.63, 3.8) is 0 Å². The maximum absolute atomic E-state index is 14.3. The van der Waals surface area contributed by atoms with Crippen molar-refractivity contribution >= 4 is 32.7 Å². The molecule has 0 fully saturated rings. The van der Waals surface area contributed by atoms with Crippen LogP contribution in [0, 0.1) is 5.82 Å². The second-order valence-corrected chi connectivity index (χ2v) is 5.65. The number of nitrogens with zero attached hydrogens (tertiary/aromatic N) is 2. The van der Waals surface area contributed by atoms with E-state index in [1.807, 2.05) is 0 Å². The second kappa shape index (κ2) is 5.13. The predicted octanol–water partition coefficient (Wildman–Crippen LogP) is 3.56. The van der Waals surface area contributed by atoms with E-state index in [1.54, 1.807) is 41.8 Å². The molecule has 3 rings (SSSR count). The zero-order chi connectivity index (χ0) is 15.1. The Morgan fingerprint density at radius 3 is 2.76 bits per heavy atom. The Balaban J connectivity index is 2.42. The van der Waals surface area contributed by atoms with Crippen LogP contribution in [0.2, 0.25) is 0 Å². The summed E-state index contributed by atoms with van der Waals surface area (Å²) in [6, 6.07) is 9.92. The SMILES string of the molecule is CC(O)c1nc2cc(N)ccc2n1-c1c(F)cccc1Br. The Bertz CT molecular complexity index is 809. The fourth-order valence-electron chi connectivity index (χ4n) is 2.33. The monoisotopic (exact) mass is 349 g/mol. The number of anilines is 1. The van der Waals surface area contributed by atoms with Gasteiger partial charge in [-0.05, 0) is 53.2 Å². The number of aliphatic hydroxyl groups is 1. The van der Waals surface area contributed by atoms with Gasteiger partial charge in [0, 0.05) is 10.2 Å². The fraction of sp³-hybridized carbons (Fsp3) is 0.133. The maximum Gasteiger partial charge on any atom is 0.148 e. The highest BCUT2D eigenvalue weighted by atomic mass is 79.9. The van der Waals surface area contributed by atoms with E-state index < -0.39 is 11.9 Å². The molecule has 3 N–H and O–H groups in total. The molecule has 3 aromatic rings. The minimum absolute atomic E-state index is 0.320. The Kier molecular flexibility index (Phi) is 3.43. The first kappa shape index (κ1) is 14.0. The van der Waals surface area contributed by atoms with Gasteiger partial charge in [0.05, 0.1) is 16.7 Å². The number of aliphatic hydroxyl groups excluding tert-OH is 1. The minimum atomic E-state index is -0.842. The summed E-state index contributed by atoms with van der Waals surface area (Å²) in [5.41, 5.74) is 7.95. The maximum atomic E-state index is 14.3. The molecular formula is C15H13BrFN3O. The lowest BCUT2D eigenvalue weighted by Crippen LogP contribution is -2.07. The highest BCUT2D eigenvalue weighted by Crippen LogP contribution is 2.32. The van der Waals surface area contributed by atoms with E-state index in [0.29, 0.717) is 32.7 Å². The van der Waals surface area contributed by atoms with Crippen LogP contribution in [-0.4, -0.2) is 14.7 Å². The van der Waals surface area contributed by atoms with Crippen LogP contribution in [0.25, 0.3) is 16.7 Å². The van der Waals surface area contributed by atoms with E-state index >= 15 is 0 Å². The molecule has 0 amide bonds. The largest absolute Gasteiger partial charge is 0.399 e. The van der Waals surface area contributed by atoms with Gasteiger partial charge in [-0.1, -0.05) is 6.07 Å². The number of benzene rings is 2. The van der Waals surface area contributed by atoms with E-state index in [1.165, 1.54) is 6.07 Å². The summed E-state index contributed by atoms with van der Waals surface area (Å²) in [5, 5.41) is 9.97. The number of rotatable bonds is 2. The zero-order valence-electron chi connectivity index (χ0n) is 11.2. The number of hydrogen-bond acceptors (Lipinski definition) is 3.